The summed E-state index contributed by atoms with van der Waals surface area (Å²) in [7, 11) is 0. The van der Waals surface area contributed by atoms with Gasteiger partial charge >= 0.3 is 0 Å². The molecule has 7 nitrogen and oxygen atoms in total. The minimum Gasteiger partial charge on any atom is -0.502 e. The molecule has 7 heteroatoms. The van der Waals surface area contributed by atoms with Crippen LogP contribution in [-0.2, 0) is 6.54 Å². The number of rotatable bonds is 4. The number of likely N-dealkylation sites (tertiary alicyclic amines) is 1. The molecule has 0 spiro atoms. The van der Waals surface area contributed by atoms with E-state index in [2.05, 4.69) is 17.2 Å². The van der Waals surface area contributed by atoms with Crippen molar-refractivity contribution in [3.8, 4) is 17.6 Å². The van der Waals surface area contributed by atoms with Crippen LogP contribution >= 0.6 is 0 Å². The molecule has 0 atom stereocenters. The fraction of sp³-hybridized carbons (Fsp3) is 0.167. The molecule has 0 bridgehead atoms. The van der Waals surface area contributed by atoms with Gasteiger partial charge in [0.25, 0.3) is 5.91 Å². The Bertz CT molecular complexity index is 1200. The highest BCUT2D eigenvalue weighted by Crippen LogP contribution is 2.16. The average molecular weight is 416 g/mol. The number of aliphatic hydroxyl groups is 1. The fourth-order valence-electron chi connectivity index (χ4n) is 3.07. The number of benzene rings is 2. The summed E-state index contributed by atoms with van der Waals surface area (Å²) in [6, 6.07) is 15.6. The Morgan fingerprint density at radius 2 is 1.65 bits per heavy atom. The van der Waals surface area contributed by atoms with E-state index in [1.807, 2.05) is 24.3 Å². The lowest BCUT2D eigenvalue weighted by molar-refractivity contribution is 0.00589. The van der Waals surface area contributed by atoms with E-state index in [-0.39, 0.29) is 18.2 Å². The Hall–Kier alpha value is -4.02. The van der Waals surface area contributed by atoms with Crippen molar-refractivity contribution in [1.82, 2.24) is 4.90 Å². The van der Waals surface area contributed by atoms with Crippen molar-refractivity contribution in [1.29, 1.82) is 0 Å². The van der Waals surface area contributed by atoms with Crippen LogP contribution in [0.25, 0.3) is 0 Å². The summed E-state index contributed by atoms with van der Waals surface area (Å²) in [5, 5.41) is 22.1. The second-order valence-electron chi connectivity index (χ2n) is 7.18. The first kappa shape index (κ1) is 20.3. The van der Waals surface area contributed by atoms with Crippen LogP contribution in [0.15, 0.2) is 70.1 Å². The first-order valence-electron chi connectivity index (χ1n) is 9.72. The third-order valence-corrected chi connectivity index (χ3v) is 4.90. The number of aromatic hydroxyl groups is 1. The second-order valence-corrected chi connectivity index (χ2v) is 7.18. The molecule has 31 heavy (non-hydrogen) atoms. The molecule has 4 rings (SSSR count). The van der Waals surface area contributed by atoms with Crippen LogP contribution in [0.1, 0.15) is 27.2 Å². The largest absolute Gasteiger partial charge is 0.502 e. The van der Waals surface area contributed by atoms with Crippen LogP contribution in [0.4, 0.5) is 5.69 Å². The number of carbonyl (C=O) groups excluding carboxylic acids is 1. The summed E-state index contributed by atoms with van der Waals surface area (Å²) in [5.41, 5.74) is 2.49. The monoisotopic (exact) mass is 416 g/mol. The zero-order valence-electron chi connectivity index (χ0n) is 16.5. The number of carbonyl (C=O) groups is 1. The van der Waals surface area contributed by atoms with E-state index in [1.54, 1.807) is 29.2 Å². The Balaban J connectivity index is 1.35. The van der Waals surface area contributed by atoms with Crippen molar-refractivity contribution in [2.75, 3.05) is 18.4 Å². The van der Waals surface area contributed by atoms with Crippen molar-refractivity contribution < 1.29 is 19.4 Å². The predicted octanol–water partition coefficient (Wildman–Crippen LogP) is 2.17. The molecule has 2 aromatic carbocycles. The zero-order chi connectivity index (χ0) is 21.8. The third-order valence-electron chi connectivity index (χ3n) is 4.90. The van der Waals surface area contributed by atoms with E-state index >= 15 is 0 Å². The van der Waals surface area contributed by atoms with Gasteiger partial charge in [0.15, 0.2) is 5.76 Å². The third kappa shape index (κ3) is 4.77. The molecule has 0 aliphatic carbocycles. The van der Waals surface area contributed by atoms with Crippen LogP contribution in [0.3, 0.4) is 0 Å². The first-order valence-corrected chi connectivity index (χ1v) is 9.72. The number of β-amino-alcohol motifs (C(OH)–C–C–N with tert-alkyl or cyclic N) is 1. The number of anilines is 1. The summed E-state index contributed by atoms with van der Waals surface area (Å²) in [6.07, 6.45) is 0.831. The Labute approximate surface area is 178 Å². The first-order chi connectivity index (χ1) is 15.0. The number of nitrogens with one attached hydrogen (secondary N) is 1. The Kier molecular flexibility index (Phi) is 5.74. The van der Waals surface area contributed by atoms with E-state index < -0.39 is 17.3 Å². The van der Waals surface area contributed by atoms with Crippen LogP contribution in [0, 0.1) is 11.8 Å². The summed E-state index contributed by atoms with van der Waals surface area (Å²) < 4.78 is 5.15. The minimum absolute atomic E-state index is 0.0870. The van der Waals surface area contributed by atoms with Gasteiger partial charge in [-0.2, -0.15) is 0 Å². The summed E-state index contributed by atoms with van der Waals surface area (Å²) in [5.74, 6) is 5.82. The number of hydrogen-bond donors (Lipinski definition) is 3. The topological polar surface area (TPSA) is 103 Å². The molecule has 1 amide bonds. The highest BCUT2D eigenvalue weighted by atomic mass is 16.4. The Morgan fingerprint density at radius 3 is 2.26 bits per heavy atom. The van der Waals surface area contributed by atoms with Gasteiger partial charge in [-0.25, -0.2) is 0 Å². The molecule has 3 N–H and O–H groups in total. The molecule has 1 aliphatic rings. The van der Waals surface area contributed by atoms with E-state index in [0.29, 0.717) is 18.7 Å². The SMILES string of the molecule is O=C(c1ccc(C#Cc2ccc(NCc3occc(=O)c3O)cc2)cc1)N1CC(O)C1. The lowest BCUT2D eigenvalue weighted by Gasteiger charge is -2.35. The van der Waals surface area contributed by atoms with Gasteiger partial charge in [-0.1, -0.05) is 11.8 Å². The lowest BCUT2D eigenvalue weighted by Crippen LogP contribution is -2.53. The molecule has 156 valence electrons. The van der Waals surface area contributed by atoms with Crippen LogP contribution in [0.5, 0.6) is 5.75 Å². The highest BCUT2D eigenvalue weighted by molar-refractivity contribution is 5.94. The molecule has 1 aromatic heterocycles. The standard InChI is InChI=1S/C24H20N2O5/c27-20-14-26(15-20)24(30)18-7-3-16(4-8-18)1-2-17-5-9-19(10-6-17)25-13-22-23(29)21(28)11-12-31-22/h3-12,20,25,27,29H,13-15H2. The van der Waals surface area contributed by atoms with Crippen LogP contribution < -0.4 is 10.7 Å². The number of amides is 1. The smallest absolute Gasteiger partial charge is 0.254 e. The lowest BCUT2D eigenvalue weighted by atomic mass is 10.1. The van der Waals surface area contributed by atoms with E-state index in [4.69, 9.17) is 4.42 Å². The molecule has 1 saturated heterocycles. The van der Waals surface area contributed by atoms with Gasteiger partial charge in [0.2, 0.25) is 11.2 Å². The molecular formula is C24H20N2O5. The van der Waals surface area contributed by atoms with Gasteiger partial charge in [0.1, 0.15) is 0 Å². The van der Waals surface area contributed by atoms with Crippen molar-refractivity contribution >= 4 is 11.6 Å². The molecule has 3 aromatic rings. The van der Waals surface area contributed by atoms with Gasteiger partial charge in [-0.05, 0) is 48.5 Å². The summed E-state index contributed by atoms with van der Waals surface area (Å²) >= 11 is 0. The van der Waals surface area contributed by atoms with E-state index in [9.17, 15) is 19.8 Å². The van der Waals surface area contributed by atoms with Gasteiger partial charge in [0.05, 0.1) is 18.9 Å². The minimum atomic E-state index is -0.481. The zero-order valence-corrected chi connectivity index (χ0v) is 16.5. The molecule has 2 heterocycles. The molecule has 0 unspecified atom stereocenters. The summed E-state index contributed by atoms with van der Waals surface area (Å²) in [6.45, 7) is 0.937. The number of hydrogen-bond acceptors (Lipinski definition) is 6. The molecule has 0 radical (unpaired) electrons. The second kappa shape index (κ2) is 8.78. The van der Waals surface area contributed by atoms with Gasteiger partial charge < -0.3 is 24.8 Å². The Morgan fingerprint density at radius 1 is 1.03 bits per heavy atom. The van der Waals surface area contributed by atoms with Crippen molar-refractivity contribution in [2.24, 2.45) is 0 Å². The number of aliphatic hydroxyl groups excluding tert-OH is 1. The fourth-order valence-corrected chi connectivity index (χ4v) is 3.07. The highest BCUT2D eigenvalue weighted by Gasteiger charge is 2.29. The number of nitrogens with zero attached hydrogens (tertiary/aromatic N) is 1. The van der Waals surface area contributed by atoms with Gasteiger partial charge in [-0.15, -0.1) is 0 Å². The van der Waals surface area contributed by atoms with Crippen molar-refractivity contribution in [3.05, 3.63) is 93.5 Å². The predicted molar refractivity (Wildman–Crippen MR) is 115 cm³/mol. The van der Waals surface area contributed by atoms with Crippen LogP contribution in [0.2, 0.25) is 0 Å². The molecule has 1 fully saturated rings. The van der Waals surface area contributed by atoms with Gasteiger partial charge in [0, 0.05) is 41.5 Å². The van der Waals surface area contributed by atoms with Crippen molar-refractivity contribution in [3.63, 3.8) is 0 Å². The maximum Gasteiger partial charge on any atom is 0.254 e. The molecule has 0 saturated carbocycles. The molecule has 1 aliphatic heterocycles. The van der Waals surface area contributed by atoms with Crippen LogP contribution in [-0.4, -0.2) is 40.2 Å². The van der Waals surface area contributed by atoms with E-state index in [1.165, 1.54) is 6.26 Å². The quantitative estimate of drug-likeness (QED) is 0.564. The maximum atomic E-state index is 12.2. The van der Waals surface area contributed by atoms with E-state index in [0.717, 1.165) is 22.9 Å². The maximum absolute atomic E-state index is 12.2. The molecular weight excluding hydrogens is 396 g/mol. The normalized spacial score (nSPS) is 13.1. The van der Waals surface area contributed by atoms with Crippen molar-refractivity contribution in [2.45, 2.75) is 12.6 Å². The average Bonchev–Trinajstić information content (AvgIpc) is 2.77. The summed E-state index contributed by atoms with van der Waals surface area (Å²) in [4.78, 5) is 25.2. The van der Waals surface area contributed by atoms with Gasteiger partial charge in [-0.3, -0.25) is 9.59 Å².